The monoisotopic (exact) mass is 324 g/mol. The molecule has 70 valence electrons. The van der Waals surface area contributed by atoms with E-state index in [1.165, 1.54) is 0 Å². The Bertz CT molecular complexity index is 325. The molecule has 0 atom stereocenters. The van der Waals surface area contributed by atoms with Gasteiger partial charge in [0.25, 0.3) is 0 Å². The lowest BCUT2D eigenvalue weighted by Crippen LogP contribution is -2.04. The van der Waals surface area contributed by atoms with Crippen molar-refractivity contribution < 1.29 is 4.79 Å². The third kappa shape index (κ3) is 3.08. The van der Waals surface area contributed by atoms with E-state index in [0.29, 0.717) is 6.42 Å². The van der Waals surface area contributed by atoms with Gasteiger partial charge in [-0.25, -0.2) is 0 Å². The molecule has 0 aliphatic heterocycles. The molecule has 0 aromatic heterocycles. The summed E-state index contributed by atoms with van der Waals surface area (Å²) in [5.41, 5.74) is 0.958. The molecule has 13 heavy (non-hydrogen) atoms. The molecule has 0 bridgehead atoms. The van der Waals surface area contributed by atoms with E-state index >= 15 is 0 Å². The van der Waals surface area contributed by atoms with Crippen molar-refractivity contribution in [2.45, 2.75) is 6.42 Å². The minimum absolute atomic E-state index is 0.0282. The number of hydrogen-bond donors (Lipinski definition) is 0. The third-order valence-electron chi connectivity index (χ3n) is 1.57. The number of carbonyl (C=O) groups is 1. The molecule has 0 fully saturated rings. The fourth-order valence-electron chi connectivity index (χ4n) is 0.945. The summed E-state index contributed by atoms with van der Waals surface area (Å²) in [4.78, 5) is 11.1. The molecule has 0 N–H and O–H groups in total. The van der Waals surface area contributed by atoms with Crippen LogP contribution in [0.3, 0.4) is 0 Å². The molecule has 1 aromatic rings. The van der Waals surface area contributed by atoms with Gasteiger partial charge in [-0.15, -0.1) is 11.6 Å². The van der Waals surface area contributed by atoms with Gasteiger partial charge in [-0.05, 0) is 43.5 Å². The largest absolute Gasteiger partial charge is 0.298 e. The van der Waals surface area contributed by atoms with Crippen molar-refractivity contribution in [2.75, 3.05) is 5.88 Å². The van der Waals surface area contributed by atoms with Crippen molar-refractivity contribution in [3.8, 4) is 0 Å². The summed E-state index contributed by atoms with van der Waals surface area (Å²) in [6, 6.07) is 5.71. The summed E-state index contributed by atoms with van der Waals surface area (Å²) >= 11 is 12.2. The zero-order valence-electron chi connectivity index (χ0n) is 6.69. The van der Waals surface area contributed by atoms with E-state index in [9.17, 15) is 4.79 Å². The summed E-state index contributed by atoms with van der Waals surface area (Å²) in [5.74, 6) is 0.0966. The normalized spacial score (nSPS) is 10.1. The van der Waals surface area contributed by atoms with Crippen molar-refractivity contribution in [3.63, 3.8) is 0 Å². The highest BCUT2D eigenvalue weighted by atomic mass is 79.9. The van der Waals surface area contributed by atoms with Gasteiger partial charge in [0.2, 0.25) is 0 Å². The maximum atomic E-state index is 11.1. The van der Waals surface area contributed by atoms with Gasteiger partial charge in [-0.3, -0.25) is 4.79 Å². The molecule has 0 saturated heterocycles. The van der Waals surface area contributed by atoms with Gasteiger partial charge in [0.15, 0.2) is 5.78 Å². The van der Waals surface area contributed by atoms with Crippen molar-refractivity contribution in [2.24, 2.45) is 0 Å². The predicted molar refractivity (Wildman–Crippen MR) is 61.3 cm³/mol. The molecule has 1 aromatic carbocycles. The van der Waals surface area contributed by atoms with E-state index < -0.39 is 0 Å². The summed E-state index contributed by atoms with van der Waals surface area (Å²) < 4.78 is 1.88. The van der Waals surface area contributed by atoms with Crippen LogP contribution >= 0.6 is 43.5 Å². The Hall–Kier alpha value is 0.140. The highest BCUT2D eigenvalue weighted by Gasteiger charge is 2.07. The molecular formula is C9H7Br2ClO. The van der Waals surface area contributed by atoms with E-state index in [0.717, 1.165) is 14.5 Å². The van der Waals surface area contributed by atoms with E-state index in [4.69, 9.17) is 11.6 Å². The molecule has 0 heterocycles. The topological polar surface area (TPSA) is 17.1 Å². The van der Waals surface area contributed by atoms with Gasteiger partial charge in [0.1, 0.15) is 0 Å². The van der Waals surface area contributed by atoms with Crippen molar-refractivity contribution in [1.82, 2.24) is 0 Å². The number of rotatable bonds is 3. The van der Waals surface area contributed by atoms with Crippen LogP contribution in [-0.4, -0.2) is 11.7 Å². The van der Waals surface area contributed by atoms with Crippen LogP contribution in [0.5, 0.6) is 0 Å². The van der Waals surface area contributed by atoms with Crippen LogP contribution in [0.2, 0.25) is 0 Å². The molecule has 1 rings (SSSR count). The first-order valence-electron chi connectivity index (χ1n) is 3.65. The van der Waals surface area contributed by atoms with Gasteiger partial charge in [0, 0.05) is 15.4 Å². The fraction of sp³-hybridized carbons (Fsp3) is 0.222. The second-order valence-electron chi connectivity index (χ2n) is 2.56. The Labute approximate surface area is 98.7 Å². The lowest BCUT2D eigenvalue weighted by molar-refractivity contribution is -0.116. The van der Waals surface area contributed by atoms with E-state index in [1.54, 1.807) is 0 Å². The minimum atomic E-state index is 0.0282. The van der Waals surface area contributed by atoms with E-state index in [2.05, 4.69) is 31.9 Å². The van der Waals surface area contributed by atoms with Gasteiger partial charge in [0.05, 0.1) is 5.88 Å². The second kappa shape index (κ2) is 5.13. The quantitative estimate of drug-likeness (QED) is 0.776. The Kier molecular flexibility index (Phi) is 4.42. The number of halogens is 3. The van der Waals surface area contributed by atoms with Crippen LogP contribution in [0, 0.1) is 0 Å². The van der Waals surface area contributed by atoms with Crippen LogP contribution in [0.25, 0.3) is 0 Å². The van der Waals surface area contributed by atoms with E-state index in [-0.39, 0.29) is 11.7 Å². The van der Waals surface area contributed by atoms with Crippen LogP contribution in [0.4, 0.5) is 0 Å². The molecule has 0 aliphatic carbocycles. The minimum Gasteiger partial charge on any atom is -0.298 e. The smallest absolute Gasteiger partial charge is 0.151 e. The maximum Gasteiger partial charge on any atom is 0.151 e. The lowest BCUT2D eigenvalue weighted by Gasteiger charge is -2.03. The highest BCUT2D eigenvalue weighted by Crippen LogP contribution is 2.26. The molecule has 4 heteroatoms. The number of carbonyl (C=O) groups excluding carboxylic acids is 1. The maximum absolute atomic E-state index is 11.1. The Balaban J connectivity index is 2.89. The number of hydrogen-bond acceptors (Lipinski definition) is 1. The molecule has 0 amide bonds. The Morgan fingerprint density at radius 2 is 2.08 bits per heavy atom. The predicted octanol–water partition coefficient (Wildman–Crippen LogP) is 3.56. The standard InChI is InChI=1S/C9H7Br2ClO/c10-8-3-1-2-6(9(8)11)4-7(13)5-12/h1-3H,4-5H2. The zero-order chi connectivity index (χ0) is 9.84. The zero-order valence-corrected chi connectivity index (χ0v) is 10.6. The number of ketones is 1. The van der Waals surface area contributed by atoms with E-state index in [1.807, 2.05) is 18.2 Å². The van der Waals surface area contributed by atoms with Crippen molar-refractivity contribution in [1.29, 1.82) is 0 Å². The van der Waals surface area contributed by atoms with Crippen molar-refractivity contribution in [3.05, 3.63) is 32.7 Å². The van der Waals surface area contributed by atoms with Gasteiger partial charge in [-0.2, -0.15) is 0 Å². The molecule has 0 aliphatic rings. The fourth-order valence-corrected chi connectivity index (χ4v) is 1.85. The lowest BCUT2D eigenvalue weighted by atomic mass is 10.1. The first-order valence-corrected chi connectivity index (χ1v) is 5.77. The number of Topliss-reactive ketones (excluding diaryl/α,β-unsaturated/α-hetero) is 1. The number of benzene rings is 1. The summed E-state index contributed by atoms with van der Waals surface area (Å²) in [5, 5.41) is 0. The molecule has 0 saturated carbocycles. The van der Waals surface area contributed by atoms with Crippen LogP contribution in [0.1, 0.15) is 5.56 Å². The van der Waals surface area contributed by atoms with Gasteiger partial charge < -0.3 is 0 Å². The summed E-state index contributed by atoms with van der Waals surface area (Å²) in [7, 11) is 0. The summed E-state index contributed by atoms with van der Waals surface area (Å²) in [6.45, 7) is 0. The average molecular weight is 326 g/mol. The van der Waals surface area contributed by atoms with Gasteiger partial charge in [-0.1, -0.05) is 12.1 Å². The molecule has 0 unspecified atom stereocenters. The molecule has 1 nitrogen and oxygen atoms in total. The van der Waals surface area contributed by atoms with Crippen LogP contribution < -0.4 is 0 Å². The van der Waals surface area contributed by atoms with Gasteiger partial charge >= 0.3 is 0 Å². The molecule has 0 spiro atoms. The molecule has 0 radical (unpaired) electrons. The third-order valence-corrected chi connectivity index (χ3v) is 4.00. The first-order chi connectivity index (χ1) is 6.15. The SMILES string of the molecule is O=C(CCl)Cc1cccc(Br)c1Br. The van der Waals surface area contributed by atoms with Crippen molar-refractivity contribution >= 4 is 49.2 Å². The average Bonchev–Trinajstić information content (AvgIpc) is 2.13. The summed E-state index contributed by atoms with van der Waals surface area (Å²) in [6.07, 6.45) is 0.378. The Morgan fingerprint density at radius 1 is 1.38 bits per heavy atom. The highest BCUT2D eigenvalue weighted by molar-refractivity contribution is 9.13. The van der Waals surface area contributed by atoms with Crippen LogP contribution in [-0.2, 0) is 11.2 Å². The Morgan fingerprint density at radius 3 is 2.69 bits per heavy atom. The number of alkyl halides is 1. The first kappa shape index (κ1) is 11.2. The molecular weight excluding hydrogens is 319 g/mol. The van der Waals surface area contributed by atoms with Crippen LogP contribution in [0.15, 0.2) is 27.1 Å². The second-order valence-corrected chi connectivity index (χ2v) is 4.48.